The summed E-state index contributed by atoms with van der Waals surface area (Å²) in [4.78, 5) is 25.6. The number of hydrogen-bond acceptors (Lipinski definition) is 7. The summed E-state index contributed by atoms with van der Waals surface area (Å²) in [5, 5.41) is 2.15. The van der Waals surface area contributed by atoms with Gasteiger partial charge in [-0.15, -0.1) is 11.3 Å². The third kappa shape index (κ3) is 4.05. The smallest absolute Gasteiger partial charge is 0.176 e. The number of Topliss-reactive ketones (excluding diaryl/α,β-unsaturated/α-hetero) is 1. The molecular formula is C24H26N2O3S2. The summed E-state index contributed by atoms with van der Waals surface area (Å²) < 4.78 is 10.7. The number of ketones is 1. The molecule has 0 saturated heterocycles. The fourth-order valence-corrected chi connectivity index (χ4v) is 6.60. The van der Waals surface area contributed by atoms with Crippen LogP contribution in [0.5, 0.6) is 11.5 Å². The van der Waals surface area contributed by atoms with E-state index in [0.29, 0.717) is 28.7 Å². The van der Waals surface area contributed by atoms with Crippen LogP contribution in [0.2, 0.25) is 0 Å². The normalized spacial score (nSPS) is 18.1. The lowest BCUT2D eigenvalue weighted by atomic mass is 9.89. The van der Waals surface area contributed by atoms with Crippen LogP contribution in [0, 0.1) is 5.92 Å². The number of hydrogen-bond donors (Lipinski definition) is 0. The van der Waals surface area contributed by atoms with Gasteiger partial charge in [0.25, 0.3) is 0 Å². The maximum Gasteiger partial charge on any atom is 0.176 e. The van der Waals surface area contributed by atoms with Crippen LogP contribution in [0.4, 0.5) is 0 Å². The van der Waals surface area contributed by atoms with Crippen LogP contribution in [0.1, 0.15) is 58.7 Å². The number of aromatic nitrogens is 2. The number of nitrogens with zero attached hydrogens (tertiary/aromatic N) is 2. The van der Waals surface area contributed by atoms with E-state index >= 15 is 0 Å². The van der Waals surface area contributed by atoms with E-state index in [4.69, 9.17) is 19.4 Å². The van der Waals surface area contributed by atoms with Gasteiger partial charge in [0, 0.05) is 16.2 Å². The number of ether oxygens (including phenoxy) is 2. The van der Waals surface area contributed by atoms with Gasteiger partial charge < -0.3 is 9.47 Å². The minimum atomic E-state index is 0.0122. The van der Waals surface area contributed by atoms with Crippen LogP contribution in [-0.4, -0.2) is 35.7 Å². The zero-order chi connectivity index (χ0) is 21.5. The predicted octanol–water partition coefficient (Wildman–Crippen LogP) is 5.69. The number of benzene rings is 1. The molecule has 5 nitrogen and oxygen atoms in total. The number of carbonyl (C=O) groups excluding carboxylic acids is 1. The molecule has 0 N–H and O–H groups in total. The largest absolute Gasteiger partial charge is 0.497 e. The van der Waals surface area contributed by atoms with E-state index in [1.807, 2.05) is 11.3 Å². The summed E-state index contributed by atoms with van der Waals surface area (Å²) >= 11 is 3.37. The van der Waals surface area contributed by atoms with Crippen LogP contribution in [-0.2, 0) is 12.8 Å². The molecule has 0 spiro atoms. The fraction of sp³-hybridized carbons (Fsp3) is 0.458. The summed E-state index contributed by atoms with van der Waals surface area (Å²) in [5.41, 5.74) is 1.96. The molecule has 2 aliphatic carbocycles. The van der Waals surface area contributed by atoms with Crippen molar-refractivity contribution in [1.29, 1.82) is 0 Å². The Bertz CT molecular complexity index is 1150. The third-order valence-corrected chi connectivity index (χ3v) is 8.25. The molecular weight excluding hydrogens is 428 g/mol. The van der Waals surface area contributed by atoms with Gasteiger partial charge in [0.2, 0.25) is 0 Å². The molecule has 7 heteroatoms. The molecule has 5 rings (SSSR count). The molecule has 1 atom stereocenters. The first kappa shape index (κ1) is 20.8. The van der Waals surface area contributed by atoms with Gasteiger partial charge in [-0.2, -0.15) is 0 Å². The standard InChI is InChI=1S/C24H26N2O3S2/c1-13-4-8-16-20(10-13)31-24-21(16)23(25-22(26-24)14-5-6-14)30-12-18(27)17-11-15(28-2)7-9-19(17)29-3/h7,9,11,13-14H,4-6,8,10,12H2,1-3H3/t13-/m0/s1. The molecule has 2 aliphatic rings. The molecule has 2 heterocycles. The molecule has 1 aromatic carbocycles. The topological polar surface area (TPSA) is 61.3 Å². The van der Waals surface area contributed by atoms with Gasteiger partial charge in [0.05, 0.1) is 25.5 Å². The molecule has 1 saturated carbocycles. The molecule has 0 aliphatic heterocycles. The molecule has 1 fully saturated rings. The van der Waals surface area contributed by atoms with Gasteiger partial charge in [-0.25, -0.2) is 9.97 Å². The van der Waals surface area contributed by atoms with Gasteiger partial charge in [-0.3, -0.25) is 4.79 Å². The van der Waals surface area contributed by atoms with Crippen LogP contribution in [0.15, 0.2) is 23.2 Å². The molecule has 31 heavy (non-hydrogen) atoms. The summed E-state index contributed by atoms with van der Waals surface area (Å²) in [6.07, 6.45) is 5.73. The maximum atomic E-state index is 13.1. The number of thioether (sulfide) groups is 1. The average Bonchev–Trinajstić information content (AvgIpc) is 3.57. The minimum Gasteiger partial charge on any atom is -0.497 e. The van der Waals surface area contributed by atoms with Gasteiger partial charge in [0.15, 0.2) is 5.78 Å². The lowest BCUT2D eigenvalue weighted by Gasteiger charge is -2.18. The minimum absolute atomic E-state index is 0.0122. The SMILES string of the molecule is COc1ccc(OC)c(C(=O)CSc2nc(C3CC3)nc3sc4c(c23)CC[C@H](C)C4)c1. The number of methoxy groups -OCH3 is 2. The van der Waals surface area contributed by atoms with Crippen LogP contribution < -0.4 is 9.47 Å². The Labute approximate surface area is 190 Å². The first-order valence-electron chi connectivity index (χ1n) is 10.8. The van der Waals surface area contributed by atoms with Crippen molar-refractivity contribution in [2.24, 2.45) is 5.92 Å². The number of thiophene rings is 1. The molecule has 0 unspecified atom stereocenters. The Kier molecular flexibility index (Phi) is 5.65. The van der Waals surface area contributed by atoms with Gasteiger partial charge in [-0.1, -0.05) is 18.7 Å². The number of rotatable bonds is 7. The Morgan fingerprint density at radius 3 is 2.77 bits per heavy atom. The van der Waals surface area contributed by atoms with E-state index in [1.165, 1.54) is 34.0 Å². The summed E-state index contributed by atoms with van der Waals surface area (Å²) in [6, 6.07) is 5.33. The first-order valence-corrected chi connectivity index (χ1v) is 12.6. The zero-order valence-corrected chi connectivity index (χ0v) is 19.7. The number of aryl methyl sites for hydroxylation is 1. The monoisotopic (exact) mass is 454 g/mol. The van der Waals surface area contributed by atoms with Crippen molar-refractivity contribution in [1.82, 2.24) is 9.97 Å². The van der Waals surface area contributed by atoms with E-state index in [2.05, 4.69) is 6.92 Å². The van der Waals surface area contributed by atoms with E-state index < -0.39 is 0 Å². The molecule has 2 aromatic heterocycles. The van der Waals surface area contributed by atoms with E-state index in [0.717, 1.165) is 47.3 Å². The third-order valence-electron chi connectivity index (χ3n) is 6.13. The van der Waals surface area contributed by atoms with Crippen molar-refractivity contribution >= 4 is 39.1 Å². The predicted molar refractivity (Wildman–Crippen MR) is 125 cm³/mol. The van der Waals surface area contributed by atoms with Crippen molar-refractivity contribution in [3.8, 4) is 11.5 Å². The Hall–Kier alpha value is -2.12. The highest BCUT2D eigenvalue weighted by molar-refractivity contribution is 8.00. The zero-order valence-electron chi connectivity index (χ0n) is 18.1. The Balaban J connectivity index is 1.48. The maximum absolute atomic E-state index is 13.1. The van der Waals surface area contributed by atoms with E-state index in [9.17, 15) is 4.79 Å². The second kappa shape index (κ2) is 8.43. The molecule has 0 amide bonds. The number of carbonyl (C=O) groups is 1. The first-order chi connectivity index (χ1) is 15.1. The summed E-state index contributed by atoms with van der Waals surface area (Å²) in [6.45, 7) is 2.32. The summed E-state index contributed by atoms with van der Waals surface area (Å²) in [5.74, 6) is 3.69. The second-order valence-electron chi connectivity index (χ2n) is 8.47. The molecule has 3 aromatic rings. The highest BCUT2D eigenvalue weighted by atomic mass is 32.2. The van der Waals surface area contributed by atoms with E-state index in [-0.39, 0.29) is 5.78 Å². The Morgan fingerprint density at radius 2 is 2.03 bits per heavy atom. The van der Waals surface area contributed by atoms with Crippen LogP contribution in [0.3, 0.4) is 0 Å². The molecule has 0 radical (unpaired) electrons. The van der Waals surface area contributed by atoms with Gasteiger partial charge in [-0.05, 0) is 61.8 Å². The van der Waals surface area contributed by atoms with Gasteiger partial charge >= 0.3 is 0 Å². The lowest BCUT2D eigenvalue weighted by Crippen LogP contribution is -2.09. The summed E-state index contributed by atoms with van der Waals surface area (Å²) in [7, 11) is 3.18. The van der Waals surface area contributed by atoms with Crippen LogP contribution >= 0.6 is 23.1 Å². The quantitative estimate of drug-likeness (QED) is 0.260. The van der Waals surface area contributed by atoms with E-state index in [1.54, 1.807) is 32.4 Å². The van der Waals surface area contributed by atoms with Crippen molar-refractivity contribution < 1.29 is 14.3 Å². The fourth-order valence-electron chi connectivity index (χ4n) is 4.20. The molecule has 0 bridgehead atoms. The van der Waals surface area contributed by atoms with Crippen molar-refractivity contribution in [2.75, 3.05) is 20.0 Å². The van der Waals surface area contributed by atoms with Crippen molar-refractivity contribution in [3.63, 3.8) is 0 Å². The van der Waals surface area contributed by atoms with Gasteiger partial charge in [0.1, 0.15) is 27.2 Å². The second-order valence-corrected chi connectivity index (χ2v) is 10.5. The van der Waals surface area contributed by atoms with Crippen molar-refractivity contribution in [2.45, 2.75) is 50.0 Å². The van der Waals surface area contributed by atoms with Crippen molar-refractivity contribution in [3.05, 3.63) is 40.0 Å². The highest BCUT2D eigenvalue weighted by Crippen LogP contribution is 2.44. The lowest BCUT2D eigenvalue weighted by molar-refractivity contribution is 0.101. The van der Waals surface area contributed by atoms with Crippen LogP contribution in [0.25, 0.3) is 10.2 Å². The average molecular weight is 455 g/mol. The Morgan fingerprint density at radius 1 is 1.19 bits per heavy atom. The molecule has 162 valence electrons. The highest BCUT2D eigenvalue weighted by Gasteiger charge is 2.30. The number of fused-ring (bicyclic) bond motifs is 3.